The number of piperidine rings is 2. The number of rotatable bonds is 3. The minimum Gasteiger partial charge on any atom is -0.342 e. The molecule has 8 heteroatoms. The smallest absolute Gasteiger partial charge is 0.252 e. The lowest BCUT2D eigenvalue weighted by molar-refractivity contribution is -0.139. The van der Waals surface area contributed by atoms with Gasteiger partial charge in [0, 0.05) is 26.2 Å². The first kappa shape index (κ1) is 19.3. The van der Waals surface area contributed by atoms with E-state index in [1.54, 1.807) is 12.1 Å². The van der Waals surface area contributed by atoms with Crippen molar-refractivity contribution in [1.82, 2.24) is 9.21 Å². The Hall–Kier alpha value is -0.440. The molecule has 1 aromatic heterocycles. The van der Waals surface area contributed by atoms with E-state index in [-0.39, 0.29) is 11.8 Å². The summed E-state index contributed by atoms with van der Waals surface area (Å²) < 4.78 is 28.3. The van der Waals surface area contributed by atoms with Gasteiger partial charge < -0.3 is 4.90 Å². The van der Waals surface area contributed by atoms with Crippen molar-refractivity contribution in [3.63, 3.8) is 0 Å². The molecular weight excluding hydrogens is 424 g/mol. The zero-order chi connectivity index (χ0) is 18.2. The number of likely N-dealkylation sites (tertiary alicyclic amines) is 1. The van der Waals surface area contributed by atoms with Crippen molar-refractivity contribution in [2.45, 2.75) is 37.3 Å². The summed E-state index contributed by atoms with van der Waals surface area (Å²) >= 11 is 4.54. The van der Waals surface area contributed by atoms with Crippen LogP contribution < -0.4 is 0 Å². The molecule has 0 aromatic carbocycles. The summed E-state index contributed by atoms with van der Waals surface area (Å²) in [5, 5.41) is 0. The third kappa shape index (κ3) is 4.28. The van der Waals surface area contributed by atoms with Crippen molar-refractivity contribution < 1.29 is 13.2 Å². The van der Waals surface area contributed by atoms with Crippen molar-refractivity contribution >= 4 is 43.2 Å². The number of thiophene rings is 1. The highest BCUT2D eigenvalue weighted by atomic mass is 79.9. The fraction of sp³-hybridized carbons (Fsp3) is 0.706. The van der Waals surface area contributed by atoms with Gasteiger partial charge in [0.05, 0.1) is 9.70 Å². The van der Waals surface area contributed by atoms with Crippen molar-refractivity contribution in [1.29, 1.82) is 0 Å². The van der Waals surface area contributed by atoms with Gasteiger partial charge in [-0.3, -0.25) is 4.79 Å². The van der Waals surface area contributed by atoms with Crippen LogP contribution in [0.15, 0.2) is 20.1 Å². The quantitative estimate of drug-likeness (QED) is 0.711. The largest absolute Gasteiger partial charge is 0.342 e. The number of halogens is 1. The van der Waals surface area contributed by atoms with E-state index in [4.69, 9.17) is 0 Å². The van der Waals surface area contributed by atoms with Gasteiger partial charge in [-0.1, -0.05) is 13.8 Å². The molecule has 0 spiro atoms. The monoisotopic (exact) mass is 448 g/mol. The van der Waals surface area contributed by atoms with Crippen LogP contribution in [0.1, 0.15) is 33.1 Å². The Morgan fingerprint density at radius 2 is 1.88 bits per heavy atom. The average molecular weight is 449 g/mol. The standard InChI is InChI=1S/C17H25BrN2O3S2/c1-12-8-13(2)10-19(9-12)17(21)14-4-3-7-20(11-14)25(22,23)16-6-5-15(18)24-16/h5-6,12-14H,3-4,7-11H2,1-2H3/t12-,13+,14-/m0/s1. The van der Waals surface area contributed by atoms with E-state index >= 15 is 0 Å². The predicted molar refractivity (Wildman–Crippen MR) is 103 cm³/mol. The van der Waals surface area contributed by atoms with Gasteiger partial charge in [-0.25, -0.2) is 8.42 Å². The number of hydrogen-bond donors (Lipinski definition) is 0. The lowest BCUT2D eigenvalue weighted by Crippen LogP contribution is -2.50. The van der Waals surface area contributed by atoms with Gasteiger partial charge in [-0.05, 0) is 59.2 Å². The average Bonchev–Trinajstić information content (AvgIpc) is 3.00. The predicted octanol–water partition coefficient (Wildman–Crippen LogP) is 3.42. The molecule has 0 aliphatic carbocycles. The van der Waals surface area contributed by atoms with Crippen LogP contribution in [0.3, 0.4) is 0 Å². The molecule has 0 N–H and O–H groups in total. The number of nitrogens with zero attached hydrogens (tertiary/aromatic N) is 2. The van der Waals surface area contributed by atoms with Crippen LogP contribution >= 0.6 is 27.3 Å². The van der Waals surface area contributed by atoms with E-state index in [9.17, 15) is 13.2 Å². The summed E-state index contributed by atoms with van der Waals surface area (Å²) in [6, 6.07) is 3.38. The van der Waals surface area contributed by atoms with Gasteiger partial charge in [-0.2, -0.15) is 4.31 Å². The highest BCUT2D eigenvalue weighted by Gasteiger charge is 2.37. The van der Waals surface area contributed by atoms with E-state index in [1.165, 1.54) is 15.6 Å². The lowest BCUT2D eigenvalue weighted by Gasteiger charge is -2.39. The molecule has 1 aromatic rings. The van der Waals surface area contributed by atoms with Crippen molar-refractivity contribution in [3.05, 3.63) is 15.9 Å². The first-order valence-corrected chi connectivity index (χ1v) is 11.9. The maximum absolute atomic E-state index is 13.0. The molecule has 0 radical (unpaired) electrons. The molecule has 5 nitrogen and oxygen atoms in total. The zero-order valence-electron chi connectivity index (χ0n) is 14.7. The van der Waals surface area contributed by atoms with Gasteiger partial charge in [0.1, 0.15) is 4.21 Å². The van der Waals surface area contributed by atoms with E-state index < -0.39 is 10.0 Å². The fourth-order valence-electron chi connectivity index (χ4n) is 4.03. The van der Waals surface area contributed by atoms with Crippen LogP contribution in [0.5, 0.6) is 0 Å². The van der Waals surface area contributed by atoms with Gasteiger partial charge in [0.25, 0.3) is 10.0 Å². The Labute approximate surface area is 162 Å². The zero-order valence-corrected chi connectivity index (χ0v) is 17.9. The maximum Gasteiger partial charge on any atom is 0.252 e. The Balaban J connectivity index is 1.71. The maximum atomic E-state index is 13.0. The highest BCUT2D eigenvalue weighted by Crippen LogP contribution is 2.32. The third-order valence-electron chi connectivity index (χ3n) is 5.06. The van der Waals surface area contributed by atoms with Gasteiger partial charge in [0.2, 0.25) is 5.91 Å². The number of sulfonamides is 1. The Morgan fingerprint density at radius 3 is 2.48 bits per heavy atom. The fourth-order valence-corrected chi connectivity index (χ4v) is 7.72. The second-order valence-corrected chi connectivity index (χ2v) is 12.1. The summed E-state index contributed by atoms with van der Waals surface area (Å²) in [7, 11) is -3.51. The molecule has 140 valence electrons. The van der Waals surface area contributed by atoms with Gasteiger partial charge >= 0.3 is 0 Å². The van der Waals surface area contributed by atoms with E-state index in [0.717, 1.165) is 36.1 Å². The number of hydrogen-bond acceptors (Lipinski definition) is 4. The summed E-state index contributed by atoms with van der Waals surface area (Å²) in [5.74, 6) is 0.939. The third-order valence-corrected chi connectivity index (χ3v) is 9.01. The minimum atomic E-state index is -3.51. The molecule has 0 bridgehead atoms. The van der Waals surface area contributed by atoms with Gasteiger partial charge in [0.15, 0.2) is 0 Å². The molecule has 2 aliphatic rings. The molecule has 25 heavy (non-hydrogen) atoms. The van der Waals surface area contributed by atoms with Crippen LogP contribution in [-0.2, 0) is 14.8 Å². The normalized spacial score (nSPS) is 28.9. The summed E-state index contributed by atoms with van der Waals surface area (Å²) in [4.78, 5) is 14.9. The molecule has 2 fully saturated rings. The highest BCUT2D eigenvalue weighted by molar-refractivity contribution is 9.11. The summed E-state index contributed by atoms with van der Waals surface area (Å²) in [6.07, 6.45) is 2.67. The molecule has 2 aliphatic heterocycles. The van der Waals surface area contributed by atoms with Crippen LogP contribution in [0.4, 0.5) is 0 Å². The molecule has 1 amide bonds. The lowest BCUT2D eigenvalue weighted by atomic mass is 9.90. The molecule has 3 rings (SSSR count). The summed E-state index contributed by atoms with van der Waals surface area (Å²) in [5.41, 5.74) is 0. The summed E-state index contributed by atoms with van der Waals surface area (Å²) in [6.45, 7) is 6.75. The molecular formula is C17H25BrN2O3S2. The van der Waals surface area contributed by atoms with Crippen LogP contribution in [0, 0.1) is 17.8 Å². The first-order chi connectivity index (χ1) is 11.8. The Morgan fingerprint density at radius 1 is 1.20 bits per heavy atom. The number of carbonyl (C=O) groups is 1. The van der Waals surface area contributed by atoms with Crippen molar-refractivity contribution in [2.75, 3.05) is 26.2 Å². The molecule has 3 atom stereocenters. The minimum absolute atomic E-state index is 0.130. The van der Waals surface area contributed by atoms with Crippen LogP contribution in [0.25, 0.3) is 0 Å². The van der Waals surface area contributed by atoms with E-state index in [0.29, 0.717) is 29.1 Å². The molecule has 3 heterocycles. The Bertz CT molecular complexity index is 724. The topological polar surface area (TPSA) is 57.7 Å². The number of amides is 1. The molecule has 0 saturated carbocycles. The van der Waals surface area contributed by atoms with Crippen LogP contribution in [0.2, 0.25) is 0 Å². The van der Waals surface area contributed by atoms with Crippen molar-refractivity contribution in [3.8, 4) is 0 Å². The second-order valence-electron chi connectivity index (χ2n) is 7.45. The SMILES string of the molecule is C[C@@H]1C[C@H](C)CN(C(=O)[C@H]2CCCN(S(=O)(=O)c3ccc(Br)s3)C2)C1. The van der Waals surface area contributed by atoms with E-state index in [2.05, 4.69) is 29.8 Å². The number of carbonyl (C=O) groups excluding carboxylic acids is 1. The second kappa shape index (κ2) is 7.66. The molecule has 0 unspecified atom stereocenters. The van der Waals surface area contributed by atoms with Gasteiger partial charge in [-0.15, -0.1) is 11.3 Å². The Kier molecular flexibility index (Phi) is 5.92. The van der Waals surface area contributed by atoms with E-state index in [1.807, 2.05) is 4.90 Å². The van der Waals surface area contributed by atoms with Crippen molar-refractivity contribution in [2.24, 2.45) is 17.8 Å². The molecule has 2 saturated heterocycles. The van der Waals surface area contributed by atoms with Crippen LogP contribution in [-0.4, -0.2) is 49.7 Å². The first-order valence-electron chi connectivity index (χ1n) is 8.81.